The molecule has 2 fully saturated rings. The number of hydrogen-bond donors (Lipinski definition) is 1. The fourth-order valence-corrected chi connectivity index (χ4v) is 7.35. The van der Waals surface area contributed by atoms with Crippen molar-refractivity contribution in [1.82, 2.24) is 0 Å². The molecule has 8 heteroatoms. The van der Waals surface area contributed by atoms with Gasteiger partial charge in [-0.3, -0.25) is 14.4 Å². The van der Waals surface area contributed by atoms with E-state index < -0.39 is 65.0 Å². The van der Waals surface area contributed by atoms with Crippen LogP contribution in [0.4, 0.5) is 0 Å². The van der Waals surface area contributed by atoms with Gasteiger partial charge in [0, 0.05) is 43.6 Å². The molecule has 2 saturated carbocycles. The van der Waals surface area contributed by atoms with Gasteiger partial charge in [-0.25, -0.2) is 4.79 Å². The second kappa shape index (κ2) is 11.4. The van der Waals surface area contributed by atoms with Gasteiger partial charge in [-0.15, -0.1) is 0 Å². The highest BCUT2D eigenvalue weighted by Crippen LogP contribution is 2.59. The van der Waals surface area contributed by atoms with Crippen LogP contribution in [0.15, 0.2) is 59.7 Å². The molecule has 1 N–H and O–H groups in total. The smallest absolute Gasteiger partial charge is 0.331 e. The molecule has 1 aromatic rings. The first-order chi connectivity index (χ1) is 19.2. The Balaban J connectivity index is 1.78. The van der Waals surface area contributed by atoms with Crippen molar-refractivity contribution in [3.05, 3.63) is 65.3 Å². The van der Waals surface area contributed by atoms with Crippen LogP contribution in [-0.2, 0) is 33.4 Å². The second-order valence-corrected chi connectivity index (χ2v) is 12.3. The van der Waals surface area contributed by atoms with E-state index in [1.807, 2.05) is 51.1 Å². The van der Waals surface area contributed by atoms with E-state index in [-0.39, 0.29) is 12.2 Å². The second-order valence-electron chi connectivity index (χ2n) is 12.3. The van der Waals surface area contributed by atoms with Crippen LogP contribution in [0.5, 0.6) is 0 Å². The van der Waals surface area contributed by atoms with Crippen molar-refractivity contribution in [2.45, 2.75) is 85.2 Å². The summed E-state index contributed by atoms with van der Waals surface area (Å²) in [7, 11) is 0. The Hall–Kier alpha value is -3.52. The summed E-state index contributed by atoms with van der Waals surface area (Å²) < 4.78 is 17.7. The Labute approximate surface area is 241 Å². The maximum atomic E-state index is 13.3. The molecule has 3 aliphatic carbocycles. The average Bonchev–Trinajstić information content (AvgIpc) is 2.89. The van der Waals surface area contributed by atoms with Crippen LogP contribution >= 0.6 is 0 Å². The molecule has 0 unspecified atom stereocenters. The van der Waals surface area contributed by atoms with E-state index in [9.17, 15) is 24.3 Å². The maximum absolute atomic E-state index is 13.3. The molecule has 0 aliphatic heterocycles. The standard InChI is InChI=1S/C33H40O8/c1-18-24(36)17-23-29(38)27-19(2)25(41-26(37)14-13-22-11-9-8-10-12-22)15-16-33(27,7)31(40-21(4)35)30(39-20(3)34)28(18)32(23,5)6/h8-14,23,25,27,29-31,38H,2,15-17H2,1,3-7H3/b14-13+/t23-,25-,27-,29+,30+,31-,33+/m0/s1. The Morgan fingerprint density at radius 3 is 2.27 bits per heavy atom. The molecule has 41 heavy (non-hydrogen) atoms. The van der Waals surface area contributed by atoms with Crippen LogP contribution in [0.3, 0.4) is 0 Å². The van der Waals surface area contributed by atoms with E-state index in [1.165, 1.54) is 19.9 Å². The van der Waals surface area contributed by atoms with Gasteiger partial charge in [-0.05, 0) is 53.5 Å². The number of esters is 3. The number of rotatable bonds is 5. The minimum atomic E-state index is -1.08. The third-order valence-electron chi connectivity index (χ3n) is 9.34. The minimum Gasteiger partial charge on any atom is -0.458 e. The molecule has 0 radical (unpaired) electrons. The zero-order valence-electron chi connectivity index (χ0n) is 24.6. The molecule has 0 heterocycles. The molecule has 7 atom stereocenters. The number of aliphatic hydroxyl groups is 1. The number of fused-ring (bicyclic) bond motifs is 3. The van der Waals surface area contributed by atoms with Crippen molar-refractivity contribution < 1.29 is 38.5 Å². The quantitative estimate of drug-likeness (QED) is 0.236. The Morgan fingerprint density at radius 1 is 1.02 bits per heavy atom. The summed E-state index contributed by atoms with van der Waals surface area (Å²) in [5.74, 6) is -3.15. The molecule has 8 nitrogen and oxygen atoms in total. The normalized spacial score (nSPS) is 33.0. The monoisotopic (exact) mass is 564 g/mol. The number of allylic oxidation sites excluding steroid dienone is 1. The summed E-state index contributed by atoms with van der Waals surface area (Å²) in [6.45, 7) is 14.3. The number of ketones is 1. The Kier molecular flexibility index (Phi) is 8.46. The molecular weight excluding hydrogens is 524 g/mol. The lowest BCUT2D eigenvalue weighted by Gasteiger charge is -2.58. The van der Waals surface area contributed by atoms with Crippen LogP contribution < -0.4 is 0 Å². The van der Waals surface area contributed by atoms with Gasteiger partial charge in [0.2, 0.25) is 0 Å². The fourth-order valence-electron chi connectivity index (χ4n) is 7.35. The van der Waals surface area contributed by atoms with E-state index in [4.69, 9.17) is 14.2 Å². The minimum absolute atomic E-state index is 0.0959. The number of ether oxygens (including phenoxy) is 3. The lowest BCUT2D eigenvalue weighted by Crippen LogP contribution is -2.63. The van der Waals surface area contributed by atoms with Crippen molar-refractivity contribution >= 4 is 29.8 Å². The molecule has 220 valence electrons. The first-order valence-electron chi connectivity index (χ1n) is 14.1. The molecular formula is C33H40O8. The van der Waals surface area contributed by atoms with Gasteiger partial charge in [-0.1, -0.05) is 57.7 Å². The first kappa shape index (κ1) is 30.4. The zero-order chi connectivity index (χ0) is 30.3. The highest BCUT2D eigenvalue weighted by atomic mass is 16.6. The predicted molar refractivity (Wildman–Crippen MR) is 152 cm³/mol. The third-order valence-corrected chi connectivity index (χ3v) is 9.34. The number of benzene rings is 1. The Bertz CT molecular complexity index is 1310. The lowest BCUT2D eigenvalue weighted by atomic mass is 9.49. The molecule has 3 aliphatic rings. The van der Waals surface area contributed by atoms with E-state index in [0.717, 1.165) is 5.56 Å². The SMILES string of the molecule is C=C1[C@@H](OC(=O)/C=C/c2ccccc2)CC[C@@]2(C)[C@@H](OC(C)=O)[C@H](OC(C)=O)C3=C(C)C(=O)C[C@@H]([C@@H](O)[C@H]12)C3(C)C. The summed E-state index contributed by atoms with van der Waals surface area (Å²) in [6.07, 6.45) is -0.00668. The van der Waals surface area contributed by atoms with Crippen molar-refractivity contribution in [2.24, 2.45) is 22.7 Å². The molecule has 1 aromatic carbocycles. The Morgan fingerprint density at radius 2 is 1.66 bits per heavy atom. The summed E-state index contributed by atoms with van der Waals surface area (Å²) in [4.78, 5) is 51.0. The van der Waals surface area contributed by atoms with E-state index in [0.29, 0.717) is 29.6 Å². The lowest BCUT2D eigenvalue weighted by molar-refractivity contribution is -0.196. The maximum Gasteiger partial charge on any atom is 0.331 e. The number of carbonyl (C=O) groups is 4. The molecule has 0 spiro atoms. The van der Waals surface area contributed by atoms with Gasteiger partial charge in [0.15, 0.2) is 11.9 Å². The highest BCUT2D eigenvalue weighted by Gasteiger charge is 2.63. The summed E-state index contributed by atoms with van der Waals surface area (Å²) >= 11 is 0. The highest BCUT2D eigenvalue weighted by molar-refractivity contribution is 5.97. The first-order valence-corrected chi connectivity index (χ1v) is 14.1. The summed E-state index contributed by atoms with van der Waals surface area (Å²) in [5.41, 5.74) is 0.591. The predicted octanol–water partition coefficient (Wildman–Crippen LogP) is 4.75. The van der Waals surface area contributed by atoms with Crippen LogP contribution in [0.2, 0.25) is 0 Å². The number of carbonyl (C=O) groups excluding carboxylic acids is 4. The molecule has 4 rings (SSSR count). The van der Waals surface area contributed by atoms with E-state index >= 15 is 0 Å². The largest absolute Gasteiger partial charge is 0.458 e. The fraction of sp³-hybridized carbons (Fsp3) is 0.515. The summed E-state index contributed by atoms with van der Waals surface area (Å²) in [5, 5.41) is 12.1. The molecule has 0 saturated heterocycles. The molecule has 0 aromatic heterocycles. The van der Waals surface area contributed by atoms with Gasteiger partial charge in [0.05, 0.1) is 6.10 Å². The van der Waals surface area contributed by atoms with Gasteiger partial charge in [0.25, 0.3) is 0 Å². The van der Waals surface area contributed by atoms with Crippen LogP contribution in [0.1, 0.15) is 66.4 Å². The van der Waals surface area contributed by atoms with Gasteiger partial charge >= 0.3 is 17.9 Å². The van der Waals surface area contributed by atoms with Crippen molar-refractivity contribution in [1.29, 1.82) is 0 Å². The molecule has 0 amide bonds. The van der Waals surface area contributed by atoms with Gasteiger partial charge < -0.3 is 19.3 Å². The third kappa shape index (κ3) is 5.67. The molecule has 2 bridgehead atoms. The topological polar surface area (TPSA) is 116 Å². The number of hydrogen-bond acceptors (Lipinski definition) is 8. The zero-order valence-corrected chi connectivity index (χ0v) is 24.6. The van der Waals surface area contributed by atoms with E-state index in [1.54, 1.807) is 13.0 Å². The van der Waals surface area contributed by atoms with Crippen molar-refractivity contribution in [2.75, 3.05) is 0 Å². The van der Waals surface area contributed by atoms with Crippen LogP contribution in [0, 0.1) is 22.7 Å². The summed E-state index contributed by atoms with van der Waals surface area (Å²) in [6, 6.07) is 9.35. The van der Waals surface area contributed by atoms with E-state index in [2.05, 4.69) is 6.58 Å². The average molecular weight is 565 g/mol. The van der Waals surface area contributed by atoms with Crippen LogP contribution in [0.25, 0.3) is 6.08 Å². The number of aliphatic hydroxyl groups excluding tert-OH is 1. The van der Waals surface area contributed by atoms with Gasteiger partial charge in [0.1, 0.15) is 12.2 Å². The van der Waals surface area contributed by atoms with Crippen LogP contribution in [-0.4, -0.2) is 53.2 Å². The van der Waals surface area contributed by atoms with Crippen molar-refractivity contribution in [3.8, 4) is 0 Å². The van der Waals surface area contributed by atoms with Crippen molar-refractivity contribution in [3.63, 3.8) is 0 Å². The number of Topliss-reactive ketones (excluding diaryl/α,β-unsaturated/α-hetero) is 1. The van der Waals surface area contributed by atoms with Gasteiger partial charge in [-0.2, -0.15) is 0 Å².